The number of halogens is 3. The second-order valence-electron chi connectivity index (χ2n) is 3.30. The Kier molecular flexibility index (Phi) is 2.79. The van der Waals surface area contributed by atoms with Crippen molar-refractivity contribution < 1.29 is 4.39 Å². The fourth-order valence-corrected chi connectivity index (χ4v) is 2.04. The summed E-state index contributed by atoms with van der Waals surface area (Å²) >= 11 is 11.5. The van der Waals surface area contributed by atoms with Gasteiger partial charge >= 0.3 is 0 Å². The molecule has 0 aliphatic carbocycles. The normalized spacial score (nSPS) is 21.6. The van der Waals surface area contributed by atoms with Crippen LogP contribution in [0.2, 0.25) is 10.3 Å². The van der Waals surface area contributed by atoms with Gasteiger partial charge in [0, 0.05) is 18.8 Å². The number of anilines is 1. The van der Waals surface area contributed by atoms with E-state index in [9.17, 15) is 4.39 Å². The molecule has 1 aliphatic heterocycles. The van der Waals surface area contributed by atoms with Gasteiger partial charge in [-0.1, -0.05) is 23.2 Å². The molecule has 2 rings (SSSR count). The first-order chi connectivity index (χ1) is 6.65. The van der Waals surface area contributed by atoms with Crippen molar-refractivity contribution in [2.75, 3.05) is 18.0 Å². The predicted molar refractivity (Wildman–Crippen MR) is 56.0 cm³/mol. The second kappa shape index (κ2) is 3.91. The van der Waals surface area contributed by atoms with E-state index in [0.29, 0.717) is 29.8 Å². The number of hydrogen-bond acceptors (Lipinski definition) is 2. The number of hydrogen-bond donors (Lipinski definition) is 0. The molecule has 0 amide bonds. The van der Waals surface area contributed by atoms with Crippen LogP contribution in [0.25, 0.3) is 0 Å². The third kappa shape index (κ3) is 2.10. The summed E-state index contributed by atoms with van der Waals surface area (Å²) in [5.41, 5.74) is 0.843. The standard InChI is InChI=1S/C9H9Cl2FN2/c10-8-3-7(4-9(11)13-8)14-2-1-6(12)5-14/h3-4,6H,1-2,5H2. The topological polar surface area (TPSA) is 16.1 Å². The van der Waals surface area contributed by atoms with E-state index in [2.05, 4.69) is 4.98 Å². The molecule has 1 atom stereocenters. The van der Waals surface area contributed by atoms with Crippen LogP contribution in [0.4, 0.5) is 10.1 Å². The number of aromatic nitrogens is 1. The maximum absolute atomic E-state index is 12.9. The Labute approximate surface area is 91.6 Å². The van der Waals surface area contributed by atoms with Crippen LogP contribution >= 0.6 is 23.2 Å². The third-order valence-corrected chi connectivity index (χ3v) is 2.63. The van der Waals surface area contributed by atoms with E-state index in [-0.39, 0.29) is 0 Å². The largest absolute Gasteiger partial charge is 0.368 e. The Balaban J connectivity index is 2.23. The van der Waals surface area contributed by atoms with Gasteiger partial charge in [0.05, 0.1) is 0 Å². The highest BCUT2D eigenvalue weighted by molar-refractivity contribution is 6.32. The molecule has 0 aromatic carbocycles. The van der Waals surface area contributed by atoms with Crippen molar-refractivity contribution in [3.8, 4) is 0 Å². The Morgan fingerprint density at radius 2 is 2.00 bits per heavy atom. The highest BCUT2D eigenvalue weighted by atomic mass is 35.5. The maximum atomic E-state index is 12.9. The van der Waals surface area contributed by atoms with Crippen LogP contribution in [0.15, 0.2) is 12.1 Å². The lowest BCUT2D eigenvalue weighted by molar-refractivity contribution is 0.364. The van der Waals surface area contributed by atoms with Crippen LogP contribution in [-0.4, -0.2) is 24.2 Å². The Hall–Kier alpha value is -0.540. The molecule has 0 N–H and O–H groups in total. The summed E-state index contributed by atoms with van der Waals surface area (Å²) in [6, 6.07) is 3.40. The lowest BCUT2D eigenvalue weighted by Gasteiger charge is -2.17. The summed E-state index contributed by atoms with van der Waals surface area (Å²) in [5.74, 6) is 0. The average Bonchev–Trinajstić information content (AvgIpc) is 2.50. The van der Waals surface area contributed by atoms with Gasteiger partial charge in [-0.3, -0.25) is 0 Å². The van der Waals surface area contributed by atoms with Gasteiger partial charge in [0.15, 0.2) is 0 Å². The van der Waals surface area contributed by atoms with E-state index < -0.39 is 6.17 Å². The summed E-state index contributed by atoms with van der Waals surface area (Å²) in [7, 11) is 0. The summed E-state index contributed by atoms with van der Waals surface area (Å²) in [6.45, 7) is 1.12. The minimum absolute atomic E-state index is 0.342. The molecule has 2 nitrogen and oxygen atoms in total. The molecule has 1 saturated heterocycles. The summed E-state index contributed by atoms with van der Waals surface area (Å²) in [6.07, 6.45) is -0.182. The molecule has 1 aliphatic rings. The second-order valence-corrected chi connectivity index (χ2v) is 4.08. The molecule has 0 spiro atoms. The molecule has 5 heteroatoms. The SMILES string of the molecule is FC1CCN(c2cc(Cl)nc(Cl)c2)C1. The molecule has 1 unspecified atom stereocenters. The average molecular weight is 235 g/mol. The van der Waals surface area contributed by atoms with E-state index in [1.807, 2.05) is 4.90 Å². The highest BCUT2D eigenvalue weighted by Crippen LogP contribution is 2.26. The van der Waals surface area contributed by atoms with Crippen LogP contribution in [0.3, 0.4) is 0 Å². The summed E-state index contributed by atoms with van der Waals surface area (Å²) < 4.78 is 12.9. The van der Waals surface area contributed by atoms with Gasteiger partial charge in [0.2, 0.25) is 0 Å². The van der Waals surface area contributed by atoms with E-state index in [0.717, 1.165) is 5.69 Å². The monoisotopic (exact) mass is 234 g/mol. The van der Waals surface area contributed by atoms with Crippen LogP contribution in [-0.2, 0) is 0 Å². The Morgan fingerprint density at radius 3 is 2.50 bits per heavy atom. The van der Waals surface area contributed by atoms with Crippen molar-refractivity contribution >= 4 is 28.9 Å². The van der Waals surface area contributed by atoms with Gasteiger partial charge in [0.1, 0.15) is 16.5 Å². The quantitative estimate of drug-likeness (QED) is 0.695. The molecule has 76 valence electrons. The zero-order chi connectivity index (χ0) is 10.1. The van der Waals surface area contributed by atoms with E-state index in [1.165, 1.54) is 0 Å². The zero-order valence-electron chi connectivity index (χ0n) is 7.38. The fraction of sp³-hybridized carbons (Fsp3) is 0.444. The number of alkyl halides is 1. The van der Waals surface area contributed by atoms with Crippen molar-refractivity contribution in [3.63, 3.8) is 0 Å². The van der Waals surface area contributed by atoms with Gasteiger partial charge in [-0.15, -0.1) is 0 Å². The molecule has 1 aromatic heterocycles. The molecule has 1 fully saturated rings. The van der Waals surface area contributed by atoms with Crippen molar-refractivity contribution in [2.45, 2.75) is 12.6 Å². The van der Waals surface area contributed by atoms with E-state index >= 15 is 0 Å². The number of pyridine rings is 1. The first-order valence-corrected chi connectivity index (χ1v) is 5.13. The van der Waals surface area contributed by atoms with E-state index in [1.54, 1.807) is 12.1 Å². The number of nitrogens with zero attached hydrogens (tertiary/aromatic N) is 2. The van der Waals surface area contributed by atoms with Gasteiger partial charge in [-0.2, -0.15) is 0 Å². The van der Waals surface area contributed by atoms with Crippen LogP contribution in [0.1, 0.15) is 6.42 Å². The van der Waals surface area contributed by atoms with Gasteiger partial charge in [0.25, 0.3) is 0 Å². The zero-order valence-corrected chi connectivity index (χ0v) is 8.89. The molecular formula is C9H9Cl2FN2. The Morgan fingerprint density at radius 1 is 1.36 bits per heavy atom. The lowest BCUT2D eigenvalue weighted by Crippen LogP contribution is -2.19. The van der Waals surface area contributed by atoms with Crippen LogP contribution < -0.4 is 4.90 Å². The van der Waals surface area contributed by atoms with Gasteiger partial charge in [-0.05, 0) is 18.6 Å². The maximum Gasteiger partial charge on any atom is 0.132 e. The first kappa shape index (κ1) is 9.99. The van der Waals surface area contributed by atoms with Gasteiger partial charge in [-0.25, -0.2) is 9.37 Å². The smallest absolute Gasteiger partial charge is 0.132 e. The Bertz CT molecular complexity index is 325. The van der Waals surface area contributed by atoms with Crippen LogP contribution in [0, 0.1) is 0 Å². The predicted octanol–water partition coefficient (Wildman–Crippen LogP) is 2.94. The highest BCUT2D eigenvalue weighted by Gasteiger charge is 2.22. The molecule has 14 heavy (non-hydrogen) atoms. The van der Waals surface area contributed by atoms with Crippen LogP contribution in [0.5, 0.6) is 0 Å². The molecule has 0 saturated carbocycles. The van der Waals surface area contributed by atoms with Crippen molar-refractivity contribution in [1.29, 1.82) is 0 Å². The lowest BCUT2D eigenvalue weighted by atomic mass is 10.3. The molecule has 2 heterocycles. The molecule has 1 aromatic rings. The minimum Gasteiger partial charge on any atom is -0.368 e. The van der Waals surface area contributed by atoms with E-state index in [4.69, 9.17) is 23.2 Å². The van der Waals surface area contributed by atoms with Crippen molar-refractivity contribution in [2.24, 2.45) is 0 Å². The van der Waals surface area contributed by atoms with Gasteiger partial charge < -0.3 is 4.90 Å². The summed E-state index contributed by atoms with van der Waals surface area (Å²) in [5, 5.41) is 0.685. The first-order valence-electron chi connectivity index (χ1n) is 4.37. The summed E-state index contributed by atoms with van der Waals surface area (Å²) in [4.78, 5) is 5.76. The molecular weight excluding hydrogens is 226 g/mol. The number of rotatable bonds is 1. The molecule has 0 radical (unpaired) electrons. The van der Waals surface area contributed by atoms with Crippen molar-refractivity contribution in [3.05, 3.63) is 22.4 Å². The van der Waals surface area contributed by atoms with Crippen molar-refractivity contribution in [1.82, 2.24) is 4.98 Å². The minimum atomic E-state index is -0.749. The fourth-order valence-electron chi connectivity index (χ4n) is 1.59. The third-order valence-electron chi connectivity index (χ3n) is 2.24. The molecule has 0 bridgehead atoms.